The maximum Gasteiger partial charge on any atom is 0.0528 e. The molecule has 0 atom stereocenters. The van der Waals surface area contributed by atoms with Gasteiger partial charge in [0, 0.05) is 12.4 Å². The minimum Gasteiger partial charge on any atom is -0.317 e. The van der Waals surface area contributed by atoms with Crippen molar-refractivity contribution in [2.75, 3.05) is 13.1 Å². The third kappa shape index (κ3) is 1.80. The van der Waals surface area contributed by atoms with E-state index in [0.717, 1.165) is 13.1 Å². The van der Waals surface area contributed by atoms with E-state index in [1.165, 1.54) is 18.4 Å². The molecule has 0 bridgehead atoms. The van der Waals surface area contributed by atoms with Crippen molar-refractivity contribution in [3.8, 4) is 0 Å². The van der Waals surface area contributed by atoms with Crippen LogP contribution in [0.25, 0.3) is 6.20 Å². The van der Waals surface area contributed by atoms with E-state index in [1.54, 1.807) is 10.9 Å². The molecule has 0 spiro atoms. The second kappa shape index (κ2) is 3.75. The van der Waals surface area contributed by atoms with Gasteiger partial charge >= 0.3 is 0 Å². The number of aromatic nitrogens is 2. The van der Waals surface area contributed by atoms with Crippen LogP contribution in [0.5, 0.6) is 0 Å². The molecule has 1 aliphatic heterocycles. The van der Waals surface area contributed by atoms with Crippen molar-refractivity contribution in [3.05, 3.63) is 24.5 Å². The van der Waals surface area contributed by atoms with Gasteiger partial charge in [0.05, 0.1) is 6.20 Å². The Kier molecular flexibility index (Phi) is 2.45. The van der Waals surface area contributed by atoms with E-state index in [-0.39, 0.29) is 0 Å². The minimum absolute atomic E-state index is 0.690. The summed E-state index contributed by atoms with van der Waals surface area (Å²) in [6.45, 7) is 5.94. The largest absolute Gasteiger partial charge is 0.317 e. The summed E-state index contributed by atoms with van der Waals surface area (Å²) in [5, 5.41) is 7.55. The van der Waals surface area contributed by atoms with Crippen LogP contribution in [0.1, 0.15) is 24.3 Å². The normalized spacial score (nSPS) is 18.8. The fourth-order valence-electron chi connectivity index (χ4n) is 1.82. The highest BCUT2D eigenvalue weighted by Gasteiger charge is 2.15. The Hall–Kier alpha value is -1.09. The van der Waals surface area contributed by atoms with Crippen LogP contribution in [-0.4, -0.2) is 22.9 Å². The van der Waals surface area contributed by atoms with Gasteiger partial charge in [-0.15, -0.1) is 0 Å². The van der Waals surface area contributed by atoms with Gasteiger partial charge < -0.3 is 5.32 Å². The number of nitrogens with zero attached hydrogens (tertiary/aromatic N) is 2. The van der Waals surface area contributed by atoms with Crippen molar-refractivity contribution >= 4 is 6.20 Å². The monoisotopic (exact) mass is 177 g/mol. The average molecular weight is 177 g/mol. The molecule has 0 unspecified atom stereocenters. The van der Waals surface area contributed by atoms with Crippen LogP contribution in [-0.2, 0) is 0 Å². The summed E-state index contributed by atoms with van der Waals surface area (Å²) in [7, 11) is 0. The van der Waals surface area contributed by atoms with Crippen molar-refractivity contribution < 1.29 is 0 Å². The summed E-state index contributed by atoms with van der Waals surface area (Å²) in [6.07, 6.45) is 8.21. The molecule has 1 saturated heterocycles. The third-order valence-electron chi connectivity index (χ3n) is 2.62. The van der Waals surface area contributed by atoms with Crippen LogP contribution >= 0.6 is 0 Å². The second-order valence-corrected chi connectivity index (χ2v) is 3.46. The molecule has 0 aliphatic carbocycles. The third-order valence-corrected chi connectivity index (χ3v) is 2.62. The molecule has 70 valence electrons. The van der Waals surface area contributed by atoms with Crippen molar-refractivity contribution in [1.82, 2.24) is 15.1 Å². The van der Waals surface area contributed by atoms with E-state index in [2.05, 4.69) is 23.2 Å². The van der Waals surface area contributed by atoms with E-state index >= 15 is 0 Å². The predicted octanol–water partition coefficient (Wildman–Crippen LogP) is 1.45. The Labute approximate surface area is 78.4 Å². The van der Waals surface area contributed by atoms with Crippen molar-refractivity contribution in [2.45, 2.75) is 18.8 Å². The molecule has 1 N–H and O–H groups in total. The maximum absolute atomic E-state index is 4.19. The summed E-state index contributed by atoms with van der Waals surface area (Å²) in [4.78, 5) is 0. The van der Waals surface area contributed by atoms with Crippen LogP contribution in [0.2, 0.25) is 0 Å². The van der Waals surface area contributed by atoms with Crippen LogP contribution in [0, 0.1) is 0 Å². The van der Waals surface area contributed by atoms with Gasteiger partial charge in [0.15, 0.2) is 0 Å². The van der Waals surface area contributed by atoms with Crippen molar-refractivity contribution in [2.24, 2.45) is 0 Å². The minimum atomic E-state index is 0.690. The van der Waals surface area contributed by atoms with E-state index in [9.17, 15) is 0 Å². The van der Waals surface area contributed by atoms with Gasteiger partial charge in [-0.1, -0.05) is 6.58 Å². The molecule has 2 rings (SSSR count). The van der Waals surface area contributed by atoms with E-state index in [0.29, 0.717) is 5.92 Å². The second-order valence-electron chi connectivity index (χ2n) is 3.46. The van der Waals surface area contributed by atoms with E-state index in [4.69, 9.17) is 0 Å². The van der Waals surface area contributed by atoms with Crippen molar-refractivity contribution in [3.63, 3.8) is 0 Å². The SMILES string of the molecule is C=Cn1cc(C2CCNCC2)cn1. The van der Waals surface area contributed by atoms with Gasteiger partial charge in [-0.25, -0.2) is 4.68 Å². The fourth-order valence-corrected chi connectivity index (χ4v) is 1.82. The Bertz CT molecular complexity index is 284. The molecular weight excluding hydrogens is 162 g/mol. The van der Waals surface area contributed by atoms with Gasteiger partial charge in [-0.3, -0.25) is 0 Å². The Morgan fingerprint density at radius 2 is 2.31 bits per heavy atom. The van der Waals surface area contributed by atoms with Crippen molar-refractivity contribution in [1.29, 1.82) is 0 Å². The molecule has 1 aromatic heterocycles. The molecule has 2 heterocycles. The number of hydrogen-bond donors (Lipinski definition) is 1. The zero-order chi connectivity index (χ0) is 9.10. The number of hydrogen-bond acceptors (Lipinski definition) is 2. The van der Waals surface area contributed by atoms with E-state index in [1.807, 2.05) is 6.20 Å². The molecule has 13 heavy (non-hydrogen) atoms. The summed E-state index contributed by atoms with van der Waals surface area (Å²) in [5.74, 6) is 0.690. The Balaban J connectivity index is 2.09. The first-order valence-corrected chi connectivity index (χ1v) is 4.77. The first kappa shape index (κ1) is 8.51. The fraction of sp³-hybridized carbons (Fsp3) is 0.500. The zero-order valence-electron chi connectivity index (χ0n) is 7.74. The smallest absolute Gasteiger partial charge is 0.0528 e. The highest BCUT2D eigenvalue weighted by atomic mass is 15.2. The van der Waals surface area contributed by atoms with Gasteiger partial charge in [0.25, 0.3) is 0 Å². The molecule has 0 aromatic carbocycles. The summed E-state index contributed by atoms with van der Waals surface area (Å²) in [5.41, 5.74) is 1.35. The molecule has 3 nitrogen and oxygen atoms in total. The molecule has 1 aromatic rings. The predicted molar refractivity (Wildman–Crippen MR) is 53.5 cm³/mol. The first-order chi connectivity index (χ1) is 6.40. The van der Waals surface area contributed by atoms with Gasteiger partial charge in [0.1, 0.15) is 0 Å². The molecule has 1 fully saturated rings. The topological polar surface area (TPSA) is 29.9 Å². The van der Waals surface area contributed by atoms with Crippen LogP contribution < -0.4 is 5.32 Å². The van der Waals surface area contributed by atoms with Gasteiger partial charge in [0.2, 0.25) is 0 Å². The number of piperidine rings is 1. The first-order valence-electron chi connectivity index (χ1n) is 4.77. The molecule has 1 aliphatic rings. The summed E-state index contributed by atoms with van der Waals surface area (Å²) in [6, 6.07) is 0. The quantitative estimate of drug-likeness (QED) is 0.741. The summed E-state index contributed by atoms with van der Waals surface area (Å²) >= 11 is 0. The average Bonchev–Trinajstić information content (AvgIpc) is 2.67. The van der Waals surface area contributed by atoms with Crippen LogP contribution in [0.4, 0.5) is 0 Å². The summed E-state index contributed by atoms with van der Waals surface area (Å²) < 4.78 is 1.78. The molecule has 0 amide bonds. The van der Waals surface area contributed by atoms with Crippen LogP contribution in [0.15, 0.2) is 19.0 Å². The molecular formula is C10H15N3. The lowest BCUT2D eigenvalue weighted by Gasteiger charge is -2.21. The molecule has 0 saturated carbocycles. The highest BCUT2D eigenvalue weighted by molar-refractivity contribution is 5.20. The Morgan fingerprint density at radius 3 is 2.92 bits per heavy atom. The highest BCUT2D eigenvalue weighted by Crippen LogP contribution is 2.24. The zero-order valence-corrected chi connectivity index (χ0v) is 7.74. The maximum atomic E-state index is 4.19. The lowest BCUT2D eigenvalue weighted by molar-refractivity contribution is 0.460. The van der Waals surface area contributed by atoms with Gasteiger partial charge in [-0.2, -0.15) is 5.10 Å². The number of nitrogens with one attached hydrogen (secondary N) is 1. The molecule has 0 radical (unpaired) electrons. The number of rotatable bonds is 2. The van der Waals surface area contributed by atoms with Crippen LogP contribution in [0.3, 0.4) is 0 Å². The lowest BCUT2D eigenvalue weighted by atomic mass is 9.93. The Morgan fingerprint density at radius 1 is 1.54 bits per heavy atom. The standard InChI is InChI=1S/C10H15N3/c1-2-13-8-10(7-12-13)9-3-5-11-6-4-9/h2,7-9,11H,1,3-6H2. The lowest BCUT2D eigenvalue weighted by Crippen LogP contribution is -2.26. The molecule has 3 heteroatoms. The van der Waals surface area contributed by atoms with E-state index < -0.39 is 0 Å². The van der Waals surface area contributed by atoms with Gasteiger partial charge in [-0.05, 0) is 37.4 Å².